The van der Waals surface area contributed by atoms with E-state index in [0.717, 1.165) is 27.9 Å². The average molecular weight is 441 g/mol. The molecule has 2 aromatic heterocycles. The molecular formula is C25H23N5O3. The molecule has 0 saturated carbocycles. The van der Waals surface area contributed by atoms with Crippen molar-refractivity contribution in [1.82, 2.24) is 15.0 Å². The highest BCUT2D eigenvalue weighted by molar-refractivity contribution is 5.99. The normalized spacial score (nSPS) is 15.2. The largest absolute Gasteiger partial charge is 0.444 e. The van der Waals surface area contributed by atoms with E-state index in [0.29, 0.717) is 31.8 Å². The summed E-state index contributed by atoms with van der Waals surface area (Å²) in [5, 5.41) is 3.10. The lowest BCUT2D eigenvalue weighted by atomic mass is 9.73. The van der Waals surface area contributed by atoms with Crippen molar-refractivity contribution in [3.63, 3.8) is 0 Å². The van der Waals surface area contributed by atoms with E-state index in [-0.39, 0.29) is 11.9 Å². The van der Waals surface area contributed by atoms with E-state index in [1.807, 2.05) is 48.5 Å². The summed E-state index contributed by atoms with van der Waals surface area (Å²) >= 11 is 0. The summed E-state index contributed by atoms with van der Waals surface area (Å²) in [4.78, 5) is 25.6. The third kappa shape index (κ3) is 4.20. The number of benzene rings is 2. The molecule has 4 aromatic rings. The van der Waals surface area contributed by atoms with Gasteiger partial charge in [-0.25, -0.2) is 15.0 Å². The lowest BCUT2D eigenvalue weighted by molar-refractivity contribution is -0.125. The molecule has 1 aliphatic rings. The lowest BCUT2D eigenvalue weighted by Gasteiger charge is -2.36. The van der Waals surface area contributed by atoms with E-state index in [1.165, 1.54) is 6.39 Å². The van der Waals surface area contributed by atoms with Crippen LogP contribution < -0.4 is 11.1 Å². The van der Waals surface area contributed by atoms with Crippen molar-refractivity contribution in [3.05, 3.63) is 79.1 Å². The van der Waals surface area contributed by atoms with Gasteiger partial charge in [0.1, 0.15) is 0 Å². The molecule has 33 heavy (non-hydrogen) atoms. The summed E-state index contributed by atoms with van der Waals surface area (Å²) in [7, 11) is 0. The van der Waals surface area contributed by atoms with Crippen LogP contribution in [0.2, 0.25) is 0 Å². The number of aromatic nitrogens is 3. The summed E-state index contributed by atoms with van der Waals surface area (Å²) in [6, 6.07) is 15.5. The third-order valence-electron chi connectivity index (χ3n) is 6.08. The van der Waals surface area contributed by atoms with Crippen LogP contribution in [0.25, 0.3) is 22.5 Å². The van der Waals surface area contributed by atoms with Crippen LogP contribution in [0.15, 0.2) is 77.9 Å². The Morgan fingerprint density at radius 2 is 1.55 bits per heavy atom. The molecule has 1 aliphatic heterocycles. The van der Waals surface area contributed by atoms with E-state index >= 15 is 0 Å². The van der Waals surface area contributed by atoms with Crippen molar-refractivity contribution in [3.8, 4) is 22.5 Å². The second-order valence-corrected chi connectivity index (χ2v) is 8.00. The van der Waals surface area contributed by atoms with Gasteiger partial charge in [-0.1, -0.05) is 24.3 Å². The first-order valence-corrected chi connectivity index (χ1v) is 10.7. The minimum Gasteiger partial charge on any atom is -0.444 e. The number of nitrogen functional groups attached to an aromatic ring is 1. The van der Waals surface area contributed by atoms with Gasteiger partial charge in [-0.3, -0.25) is 4.79 Å². The van der Waals surface area contributed by atoms with Crippen molar-refractivity contribution in [2.24, 2.45) is 0 Å². The van der Waals surface area contributed by atoms with Gasteiger partial charge in [-0.15, -0.1) is 0 Å². The molecule has 0 unspecified atom stereocenters. The zero-order chi connectivity index (χ0) is 22.7. The molecule has 1 fully saturated rings. The fourth-order valence-corrected chi connectivity index (χ4v) is 4.16. The Bertz CT molecular complexity index is 1210. The Balaban J connectivity index is 1.39. The fraction of sp³-hybridized carbons (Fsp3) is 0.200. The lowest BCUT2D eigenvalue weighted by Crippen LogP contribution is -2.44. The summed E-state index contributed by atoms with van der Waals surface area (Å²) < 4.78 is 10.9. The number of rotatable bonds is 5. The number of carbonyl (C=O) groups is 1. The molecule has 1 saturated heterocycles. The molecule has 0 bridgehead atoms. The second kappa shape index (κ2) is 8.84. The number of carbonyl (C=O) groups excluding carboxylic acids is 1. The van der Waals surface area contributed by atoms with Crippen LogP contribution in [-0.4, -0.2) is 34.1 Å². The Morgan fingerprint density at radius 3 is 2.18 bits per heavy atom. The summed E-state index contributed by atoms with van der Waals surface area (Å²) in [5.74, 6) is 0.879. The van der Waals surface area contributed by atoms with Crippen molar-refractivity contribution in [2.45, 2.75) is 18.3 Å². The van der Waals surface area contributed by atoms with E-state index < -0.39 is 5.41 Å². The number of nitrogens with two attached hydrogens (primary N) is 1. The molecule has 2 aromatic carbocycles. The molecule has 3 heterocycles. The minimum absolute atomic E-state index is 0.0400. The highest BCUT2D eigenvalue weighted by atomic mass is 16.5. The van der Waals surface area contributed by atoms with E-state index in [4.69, 9.17) is 14.9 Å². The molecule has 0 aliphatic carbocycles. The monoisotopic (exact) mass is 441 g/mol. The Labute approximate surface area is 190 Å². The molecule has 0 atom stereocenters. The maximum atomic E-state index is 13.6. The van der Waals surface area contributed by atoms with Crippen molar-refractivity contribution in [1.29, 1.82) is 0 Å². The molecule has 1 amide bonds. The number of hydrogen-bond donors (Lipinski definition) is 2. The van der Waals surface area contributed by atoms with Crippen LogP contribution in [-0.2, 0) is 14.9 Å². The second-order valence-electron chi connectivity index (χ2n) is 8.00. The minimum atomic E-state index is -0.669. The predicted octanol–water partition coefficient (Wildman–Crippen LogP) is 4.07. The first kappa shape index (κ1) is 20.8. The first-order chi connectivity index (χ1) is 16.1. The van der Waals surface area contributed by atoms with Gasteiger partial charge in [0.25, 0.3) is 0 Å². The van der Waals surface area contributed by atoms with Gasteiger partial charge < -0.3 is 20.2 Å². The van der Waals surface area contributed by atoms with E-state index in [9.17, 15) is 4.79 Å². The highest BCUT2D eigenvalue weighted by Crippen LogP contribution is 2.37. The SMILES string of the molecule is Nc1ncc(-c2ccc(C3(C(=O)Nc4ccc(-c5cnco5)cc4)CCOCC3)cc2)cn1. The van der Waals surface area contributed by atoms with Crippen LogP contribution in [0.1, 0.15) is 18.4 Å². The Hall–Kier alpha value is -4.04. The van der Waals surface area contributed by atoms with Crippen LogP contribution in [0.5, 0.6) is 0 Å². The van der Waals surface area contributed by atoms with E-state index in [1.54, 1.807) is 18.6 Å². The highest BCUT2D eigenvalue weighted by Gasteiger charge is 2.41. The molecule has 8 heteroatoms. The number of ether oxygens (including phenoxy) is 1. The van der Waals surface area contributed by atoms with Crippen LogP contribution in [0.3, 0.4) is 0 Å². The quantitative estimate of drug-likeness (QED) is 0.479. The van der Waals surface area contributed by atoms with Gasteiger partial charge in [0.2, 0.25) is 11.9 Å². The summed E-state index contributed by atoms with van der Waals surface area (Å²) in [6.07, 6.45) is 7.66. The maximum absolute atomic E-state index is 13.6. The van der Waals surface area contributed by atoms with Crippen molar-refractivity contribution < 1.29 is 13.9 Å². The number of hydrogen-bond acceptors (Lipinski definition) is 7. The Morgan fingerprint density at radius 1 is 0.879 bits per heavy atom. The topological polar surface area (TPSA) is 116 Å². The number of amides is 1. The number of nitrogens with zero attached hydrogens (tertiary/aromatic N) is 3. The first-order valence-electron chi connectivity index (χ1n) is 10.7. The van der Waals surface area contributed by atoms with Crippen LogP contribution >= 0.6 is 0 Å². The van der Waals surface area contributed by atoms with Gasteiger partial charge in [-0.2, -0.15) is 0 Å². The Kier molecular flexibility index (Phi) is 5.58. The summed E-state index contributed by atoms with van der Waals surface area (Å²) in [6.45, 7) is 1.07. The fourth-order valence-electron chi connectivity index (χ4n) is 4.16. The van der Waals surface area contributed by atoms with Gasteiger partial charge in [0.05, 0.1) is 11.6 Å². The van der Waals surface area contributed by atoms with Crippen LogP contribution in [0.4, 0.5) is 11.6 Å². The molecule has 166 valence electrons. The van der Waals surface area contributed by atoms with Gasteiger partial charge in [0.15, 0.2) is 12.2 Å². The molecule has 8 nitrogen and oxygen atoms in total. The smallest absolute Gasteiger partial charge is 0.235 e. The number of oxazole rings is 1. The predicted molar refractivity (Wildman–Crippen MR) is 124 cm³/mol. The molecular weight excluding hydrogens is 418 g/mol. The van der Waals surface area contributed by atoms with E-state index in [2.05, 4.69) is 20.3 Å². The van der Waals surface area contributed by atoms with Gasteiger partial charge >= 0.3 is 0 Å². The van der Waals surface area contributed by atoms with Gasteiger partial charge in [-0.05, 0) is 48.2 Å². The molecule has 0 radical (unpaired) electrons. The van der Waals surface area contributed by atoms with Crippen molar-refractivity contribution in [2.75, 3.05) is 24.3 Å². The third-order valence-corrected chi connectivity index (χ3v) is 6.08. The zero-order valence-corrected chi connectivity index (χ0v) is 17.9. The molecule has 3 N–H and O–H groups in total. The molecule has 0 spiro atoms. The average Bonchev–Trinajstić information content (AvgIpc) is 3.41. The standard InChI is InChI=1S/C25H23N5O3/c26-24-28-13-19(14-29-24)17-1-5-20(6-2-17)25(9-11-32-12-10-25)23(31)30-21-7-3-18(4-8-21)22-15-27-16-33-22/h1-8,13-16H,9-12H2,(H,30,31)(H2,26,28,29). The zero-order valence-electron chi connectivity index (χ0n) is 17.9. The van der Waals surface area contributed by atoms with Gasteiger partial charge in [0, 0.05) is 42.4 Å². The molecule has 5 rings (SSSR count). The van der Waals surface area contributed by atoms with Crippen molar-refractivity contribution >= 4 is 17.5 Å². The number of anilines is 2. The number of nitrogens with one attached hydrogen (secondary N) is 1. The maximum Gasteiger partial charge on any atom is 0.235 e. The van der Waals surface area contributed by atoms with Crippen LogP contribution in [0, 0.1) is 0 Å². The summed E-state index contributed by atoms with van der Waals surface area (Å²) in [5.41, 5.74) is 9.33.